The number of rotatable bonds is 7. The molecule has 0 aromatic heterocycles. The van der Waals surface area contributed by atoms with Crippen molar-refractivity contribution in [1.82, 2.24) is 0 Å². The van der Waals surface area contributed by atoms with Gasteiger partial charge in [-0.2, -0.15) is 0 Å². The number of methoxy groups -OCH3 is 2. The van der Waals surface area contributed by atoms with Crippen molar-refractivity contribution in [3.8, 4) is 11.5 Å². The van der Waals surface area contributed by atoms with Crippen LogP contribution in [0.5, 0.6) is 11.5 Å². The molecule has 0 N–H and O–H groups in total. The maximum absolute atomic E-state index is 12.3. The second kappa shape index (κ2) is 8.67. The highest BCUT2D eigenvalue weighted by Crippen LogP contribution is 2.27. The summed E-state index contributed by atoms with van der Waals surface area (Å²) in [6.45, 7) is 1.57. The van der Waals surface area contributed by atoms with E-state index in [1.807, 2.05) is 0 Å². The van der Waals surface area contributed by atoms with Crippen molar-refractivity contribution < 1.29 is 23.8 Å². The van der Waals surface area contributed by atoms with E-state index in [-0.39, 0.29) is 12.2 Å². The van der Waals surface area contributed by atoms with E-state index < -0.39 is 12.1 Å². The average Bonchev–Trinajstić information content (AvgIpc) is 2.61. The van der Waals surface area contributed by atoms with Crippen LogP contribution in [0.3, 0.4) is 0 Å². The van der Waals surface area contributed by atoms with Crippen LogP contribution in [0.2, 0.25) is 0 Å². The molecule has 2 aromatic carbocycles. The van der Waals surface area contributed by atoms with Gasteiger partial charge in [-0.15, -0.1) is 0 Å². The van der Waals surface area contributed by atoms with Gasteiger partial charge in [-0.05, 0) is 36.8 Å². The number of carbonyl (C=O) groups is 2. The van der Waals surface area contributed by atoms with Gasteiger partial charge < -0.3 is 14.2 Å². The highest BCUT2D eigenvalue weighted by Gasteiger charge is 2.20. The molecule has 0 spiro atoms. The normalized spacial score (nSPS) is 11.5. The van der Waals surface area contributed by atoms with Gasteiger partial charge in [0.15, 0.2) is 17.6 Å². The molecule has 0 radical (unpaired) electrons. The van der Waals surface area contributed by atoms with Gasteiger partial charge in [-0.1, -0.05) is 34.1 Å². The van der Waals surface area contributed by atoms with Crippen LogP contribution >= 0.6 is 15.9 Å². The second-order valence-corrected chi connectivity index (χ2v) is 6.29. The Morgan fingerprint density at radius 1 is 1.00 bits per heavy atom. The number of hydrogen-bond donors (Lipinski definition) is 0. The highest BCUT2D eigenvalue weighted by molar-refractivity contribution is 9.10. The molecule has 0 saturated carbocycles. The average molecular weight is 407 g/mol. The summed E-state index contributed by atoms with van der Waals surface area (Å²) in [7, 11) is 3.07. The highest BCUT2D eigenvalue weighted by atomic mass is 79.9. The van der Waals surface area contributed by atoms with Crippen LogP contribution in [0.4, 0.5) is 0 Å². The summed E-state index contributed by atoms with van der Waals surface area (Å²) < 4.78 is 16.5. The predicted molar refractivity (Wildman–Crippen MR) is 97.3 cm³/mol. The molecule has 2 rings (SSSR count). The molecule has 0 aliphatic heterocycles. The zero-order chi connectivity index (χ0) is 18.4. The van der Waals surface area contributed by atoms with Gasteiger partial charge in [-0.3, -0.25) is 9.59 Å². The molecule has 6 heteroatoms. The van der Waals surface area contributed by atoms with Crippen LogP contribution in [-0.4, -0.2) is 32.1 Å². The zero-order valence-electron chi connectivity index (χ0n) is 14.2. The van der Waals surface area contributed by atoms with Crippen molar-refractivity contribution in [2.45, 2.75) is 19.4 Å². The van der Waals surface area contributed by atoms with Crippen LogP contribution in [0, 0.1) is 0 Å². The maximum Gasteiger partial charge on any atom is 0.310 e. The van der Waals surface area contributed by atoms with Crippen LogP contribution in [0.1, 0.15) is 22.8 Å². The smallest absolute Gasteiger partial charge is 0.310 e. The third kappa shape index (κ3) is 5.06. The number of ketones is 1. The Hall–Kier alpha value is -2.34. The summed E-state index contributed by atoms with van der Waals surface area (Å²) in [4.78, 5) is 24.4. The van der Waals surface area contributed by atoms with E-state index in [0.717, 1.165) is 4.47 Å². The van der Waals surface area contributed by atoms with Crippen molar-refractivity contribution >= 4 is 27.7 Å². The maximum atomic E-state index is 12.3. The molecular formula is C19H19BrO5. The molecule has 5 nitrogen and oxygen atoms in total. The van der Waals surface area contributed by atoms with E-state index in [1.54, 1.807) is 56.5 Å². The summed E-state index contributed by atoms with van der Waals surface area (Å²) in [5.74, 6) is 0.392. The first kappa shape index (κ1) is 19.0. The Kier molecular flexibility index (Phi) is 6.58. The van der Waals surface area contributed by atoms with Crippen LogP contribution < -0.4 is 9.47 Å². The van der Waals surface area contributed by atoms with Gasteiger partial charge in [0.25, 0.3) is 0 Å². The minimum Gasteiger partial charge on any atom is -0.493 e. The molecule has 25 heavy (non-hydrogen) atoms. The van der Waals surface area contributed by atoms with E-state index in [0.29, 0.717) is 22.6 Å². The van der Waals surface area contributed by atoms with E-state index in [4.69, 9.17) is 14.2 Å². The Morgan fingerprint density at radius 3 is 2.24 bits per heavy atom. The fourth-order valence-electron chi connectivity index (χ4n) is 2.30. The minimum absolute atomic E-state index is 0.0400. The lowest BCUT2D eigenvalue weighted by atomic mass is 10.1. The summed E-state index contributed by atoms with van der Waals surface area (Å²) in [6.07, 6.45) is -0.813. The third-order valence-corrected chi connectivity index (χ3v) is 4.13. The van der Waals surface area contributed by atoms with Gasteiger partial charge in [0.05, 0.1) is 20.6 Å². The molecule has 0 aliphatic rings. The number of Topliss-reactive ketones (excluding diaryl/α,β-unsaturated/α-hetero) is 1. The van der Waals surface area contributed by atoms with Gasteiger partial charge in [0, 0.05) is 10.0 Å². The monoisotopic (exact) mass is 406 g/mol. The standard InChI is InChI=1S/C19H19BrO5/c1-12(19(22)14-5-7-15(20)8-6-14)25-18(21)11-13-4-9-16(23-2)17(10-13)24-3/h4-10,12H,11H2,1-3H3/t12-/m1/s1. The molecule has 132 valence electrons. The third-order valence-electron chi connectivity index (χ3n) is 3.60. The first-order valence-electron chi connectivity index (χ1n) is 7.64. The van der Waals surface area contributed by atoms with Gasteiger partial charge >= 0.3 is 5.97 Å². The summed E-state index contributed by atoms with van der Waals surface area (Å²) >= 11 is 3.32. The van der Waals surface area contributed by atoms with Crippen molar-refractivity contribution in [3.05, 3.63) is 58.1 Å². The fraction of sp³-hybridized carbons (Fsp3) is 0.263. The van der Waals surface area contributed by atoms with Crippen molar-refractivity contribution in [3.63, 3.8) is 0 Å². The lowest BCUT2D eigenvalue weighted by Crippen LogP contribution is -2.25. The largest absolute Gasteiger partial charge is 0.493 e. The van der Waals surface area contributed by atoms with E-state index in [1.165, 1.54) is 7.11 Å². The van der Waals surface area contributed by atoms with Crippen molar-refractivity contribution in [1.29, 1.82) is 0 Å². The topological polar surface area (TPSA) is 61.8 Å². The molecule has 0 heterocycles. The lowest BCUT2D eigenvalue weighted by Gasteiger charge is -2.13. The van der Waals surface area contributed by atoms with E-state index in [9.17, 15) is 9.59 Å². The van der Waals surface area contributed by atoms with Crippen LogP contribution in [0.25, 0.3) is 0 Å². The first-order chi connectivity index (χ1) is 11.9. The van der Waals surface area contributed by atoms with Crippen LogP contribution in [0.15, 0.2) is 46.9 Å². The van der Waals surface area contributed by atoms with Gasteiger partial charge in [-0.25, -0.2) is 0 Å². The molecule has 0 unspecified atom stereocenters. The Morgan fingerprint density at radius 2 is 1.64 bits per heavy atom. The molecule has 0 saturated heterocycles. The molecule has 0 fully saturated rings. The van der Waals surface area contributed by atoms with Gasteiger partial charge in [0.1, 0.15) is 0 Å². The SMILES string of the molecule is COc1ccc(CC(=O)O[C@H](C)C(=O)c2ccc(Br)cc2)cc1OC. The fourth-order valence-corrected chi connectivity index (χ4v) is 2.56. The number of ether oxygens (including phenoxy) is 3. The predicted octanol–water partition coefficient (Wildman–Crippen LogP) is 3.82. The zero-order valence-corrected chi connectivity index (χ0v) is 15.8. The molecular weight excluding hydrogens is 388 g/mol. The second-order valence-electron chi connectivity index (χ2n) is 5.37. The Bertz CT molecular complexity index is 755. The number of carbonyl (C=O) groups excluding carboxylic acids is 2. The molecule has 2 aromatic rings. The number of esters is 1. The first-order valence-corrected chi connectivity index (χ1v) is 8.44. The van der Waals surface area contributed by atoms with E-state index in [2.05, 4.69) is 15.9 Å². The van der Waals surface area contributed by atoms with Crippen molar-refractivity contribution in [2.24, 2.45) is 0 Å². The van der Waals surface area contributed by atoms with Gasteiger partial charge in [0.2, 0.25) is 5.78 Å². The number of benzene rings is 2. The molecule has 0 amide bonds. The number of halogens is 1. The molecule has 1 atom stereocenters. The number of hydrogen-bond acceptors (Lipinski definition) is 5. The quantitative estimate of drug-likeness (QED) is 0.516. The molecule has 0 bridgehead atoms. The van der Waals surface area contributed by atoms with Crippen molar-refractivity contribution in [2.75, 3.05) is 14.2 Å². The van der Waals surface area contributed by atoms with E-state index >= 15 is 0 Å². The summed E-state index contributed by atoms with van der Waals surface area (Å²) in [5, 5.41) is 0. The van der Waals surface area contributed by atoms with Crippen LogP contribution in [-0.2, 0) is 16.0 Å². The summed E-state index contributed by atoms with van der Waals surface area (Å²) in [6, 6.07) is 12.1. The summed E-state index contributed by atoms with van der Waals surface area (Å²) in [5.41, 5.74) is 1.21. The Labute approximate surface area is 155 Å². The molecule has 0 aliphatic carbocycles. The Balaban J connectivity index is 1.99. The lowest BCUT2D eigenvalue weighted by molar-refractivity contribution is -0.145. The minimum atomic E-state index is -0.853.